The largest absolute Gasteiger partial charge is 0.464 e. The van der Waals surface area contributed by atoms with Crippen molar-refractivity contribution in [3.63, 3.8) is 0 Å². The van der Waals surface area contributed by atoms with E-state index in [4.69, 9.17) is 4.74 Å². The van der Waals surface area contributed by atoms with Crippen LogP contribution in [0.2, 0.25) is 0 Å². The summed E-state index contributed by atoms with van der Waals surface area (Å²) in [5, 5.41) is 5.61. The molecular weight excluding hydrogens is 334 g/mol. The lowest BCUT2D eigenvalue weighted by Crippen LogP contribution is -2.28. The number of rotatable bonds is 13. The molecule has 0 saturated heterocycles. The fraction of sp³-hybridized carbons (Fsp3) is 0.542. The zero-order chi connectivity index (χ0) is 19.3. The SMILES string of the molecule is CCCCCCCCCCCOC(=O)[C@H](C)Nc1ccc2ccccc2c1. The van der Waals surface area contributed by atoms with Crippen molar-refractivity contribution in [2.24, 2.45) is 0 Å². The lowest BCUT2D eigenvalue weighted by atomic mass is 10.1. The maximum Gasteiger partial charge on any atom is 0.328 e. The van der Waals surface area contributed by atoms with Crippen LogP contribution in [0, 0.1) is 0 Å². The van der Waals surface area contributed by atoms with Crippen LogP contribution in [0.1, 0.15) is 71.6 Å². The van der Waals surface area contributed by atoms with Crippen LogP contribution >= 0.6 is 0 Å². The molecule has 0 radical (unpaired) electrons. The number of benzene rings is 2. The number of fused-ring (bicyclic) bond motifs is 1. The summed E-state index contributed by atoms with van der Waals surface area (Å²) in [5.74, 6) is -0.178. The molecule has 0 aliphatic carbocycles. The van der Waals surface area contributed by atoms with E-state index in [0.717, 1.165) is 23.9 Å². The number of hydrogen-bond acceptors (Lipinski definition) is 3. The zero-order valence-electron chi connectivity index (χ0n) is 17.0. The van der Waals surface area contributed by atoms with E-state index in [-0.39, 0.29) is 12.0 Å². The summed E-state index contributed by atoms with van der Waals surface area (Å²) in [6, 6.07) is 14.0. The Morgan fingerprint density at radius 1 is 0.889 bits per heavy atom. The van der Waals surface area contributed by atoms with Gasteiger partial charge in [0.15, 0.2) is 0 Å². The van der Waals surface area contributed by atoms with Gasteiger partial charge in [0.25, 0.3) is 0 Å². The maximum atomic E-state index is 12.2. The summed E-state index contributed by atoms with van der Waals surface area (Å²) >= 11 is 0. The fourth-order valence-electron chi connectivity index (χ4n) is 3.30. The van der Waals surface area contributed by atoms with Crippen molar-refractivity contribution in [2.45, 2.75) is 77.7 Å². The van der Waals surface area contributed by atoms with Crippen molar-refractivity contribution in [1.29, 1.82) is 0 Å². The minimum absolute atomic E-state index is 0.178. The quantitative estimate of drug-likeness (QED) is 0.315. The first-order valence-corrected chi connectivity index (χ1v) is 10.6. The minimum Gasteiger partial charge on any atom is -0.464 e. The van der Waals surface area contributed by atoms with E-state index in [0.29, 0.717) is 6.61 Å². The molecule has 0 unspecified atom stereocenters. The first-order valence-electron chi connectivity index (χ1n) is 10.6. The van der Waals surface area contributed by atoms with E-state index in [1.54, 1.807) is 0 Å². The summed E-state index contributed by atoms with van der Waals surface area (Å²) in [6.45, 7) is 4.63. The van der Waals surface area contributed by atoms with Crippen LogP contribution < -0.4 is 5.32 Å². The molecule has 0 amide bonds. The van der Waals surface area contributed by atoms with Gasteiger partial charge in [0.05, 0.1) is 6.61 Å². The summed E-state index contributed by atoms with van der Waals surface area (Å²) in [5.41, 5.74) is 0.946. The Balaban J connectivity index is 1.58. The second-order valence-electron chi connectivity index (χ2n) is 7.42. The van der Waals surface area contributed by atoms with Gasteiger partial charge < -0.3 is 10.1 Å². The first-order chi connectivity index (χ1) is 13.2. The van der Waals surface area contributed by atoms with E-state index in [1.165, 1.54) is 50.3 Å². The van der Waals surface area contributed by atoms with Gasteiger partial charge in [0.2, 0.25) is 0 Å². The number of esters is 1. The molecule has 0 saturated carbocycles. The van der Waals surface area contributed by atoms with Crippen LogP contribution in [0.15, 0.2) is 42.5 Å². The van der Waals surface area contributed by atoms with E-state index in [2.05, 4.69) is 36.5 Å². The van der Waals surface area contributed by atoms with Crippen molar-refractivity contribution in [3.8, 4) is 0 Å². The number of anilines is 1. The first kappa shape index (κ1) is 21.3. The Morgan fingerprint density at radius 2 is 1.52 bits per heavy atom. The van der Waals surface area contributed by atoms with E-state index in [1.807, 2.05) is 25.1 Å². The number of carbonyl (C=O) groups is 1. The molecule has 0 aliphatic rings. The van der Waals surface area contributed by atoms with Crippen molar-refractivity contribution in [2.75, 3.05) is 11.9 Å². The van der Waals surface area contributed by atoms with Gasteiger partial charge in [0, 0.05) is 5.69 Å². The number of hydrogen-bond donors (Lipinski definition) is 1. The zero-order valence-corrected chi connectivity index (χ0v) is 17.0. The summed E-state index contributed by atoms with van der Waals surface area (Å²) in [6.07, 6.45) is 11.4. The Hall–Kier alpha value is -2.03. The van der Waals surface area contributed by atoms with Gasteiger partial charge in [-0.15, -0.1) is 0 Å². The molecule has 3 heteroatoms. The molecule has 0 aliphatic heterocycles. The Morgan fingerprint density at radius 3 is 2.22 bits per heavy atom. The number of unbranched alkanes of at least 4 members (excludes halogenated alkanes) is 8. The highest BCUT2D eigenvalue weighted by molar-refractivity contribution is 5.87. The van der Waals surface area contributed by atoms with Gasteiger partial charge in [-0.3, -0.25) is 0 Å². The van der Waals surface area contributed by atoms with Gasteiger partial charge in [-0.2, -0.15) is 0 Å². The van der Waals surface area contributed by atoms with E-state index in [9.17, 15) is 4.79 Å². The highest BCUT2D eigenvalue weighted by atomic mass is 16.5. The van der Waals surface area contributed by atoms with Gasteiger partial charge in [-0.25, -0.2) is 4.79 Å². The van der Waals surface area contributed by atoms with E-state index >= 15 is 0 Å². The lowest BCUT2D eigenvalue weighted by Gasteiger charge is -2.15. The average Bonchev–Trinajstić information content (AvgIpc) is 2.69. The van der Waals surface area contributed by atoms with Crippen LogP contribution in [0.5, 0.6) is 0 Å². The van der Waals surface area contributed by atoms with Crippen molar-refractivity contribution >= 4 is 22.4 Å². The highest BCUT2D eigenvalue weighted by Gasteiger charge is 2.14. The summed E-state index contributed by atoms with van der Waals surface area (Å²) in [7, 11) is 0. The Labute approximate surface area is 164 Å². The fourth-order valence-corrected chi connectivity index (χ4v) is 3.30. The molecule has 2 aromatic rings. The molecule has 27 heavy (non-hydrogen) atoms. The third kappa shape index (κ3) is 8.03. The number of nitrogens with one attached hydrogen (secondary N) is 1. The van der Waals surface area contributed by atoms with Crippen LogP contribution in [0.4, 0.5) is 5.69 Å². The molecule has 0 bridgehead atoms. The van der Waals surface area contributed by atoms with Gasteiger partial charge >= 0.3 is 5.97 Å². The predicted octanol–water partition coefficient (Wildman–Crippen LogP) is 6.71. The molecule has 1 N–H and O–H groups in total. The van der Waals surface area contributed by atoms with Gasteiger partial charge in [0.1, 0.15) is 6.04 Å². The highest BCUT2D eigenvalue weighted by Crippen LogP contribution is 2.19. The molecule has 0 spiro atoms. The molecule has 0 aromatic heterocycles. The van der Waals surface area contributed by atoms with Crippen molar-refractivity contribution in [3.05, 3.63) is 42.5 Å². The standard InChI is InChI=1S/C24H35NO2/c1-3-4-5-6-7-8-9-10-13-18-27-24(26)20(2)25-23-17-16-21-14-11-12-15-22(21)19-23/h11-12,14-17,19-20,25H,3-10,13,18H2,1-2H3/t20-/m0/s1. The smallest absolute Gasteiger partial charge is 0.328 e. The molecule has 2 aromatic carbocycles. The van der Waals surface area contributed by atoms with Crippen LogP contribution in [-0.4, -0.2) is 18.6 Å². The molecule has 0 fully saturated rings. The molecule has 148 valence electrons. The third-order valence-electron chi connectivity index (χ3n) is 4.98. The van der Waals surface area contributed by atoms with Crippen molar-refractivity contribution < 1.29 is 9.53 Å². The lowest BCUT2D eigenvalue weighted by molar-refractivity contribution is -0.144. The molecule has 0 heterocycles. The Bertz CT molecular complexity index is 683. The summed E-state index contributed by atoms with van der Waals surface area (Å²) < 4.78 is 5.42. The third-order valence-corrected chi connectivity index (χ3v) is 4.98. The molecular formula is C24H35NO2. The molecule has 2 rings (SSSR count). The van der Waals surface area contributed by atoms with Crippen molar-refractivity contribution in [1.82, 2.24) is 0 Å². The monoisotopic (exact) mass is 369 g/mol. The average molecular weight is 370 g/mol. The van der Waals surface area contributed by atoms with E-state index < -0.39 is 0 Å². The van der Waals surface area contributed by atoms with Gasteiger partial charge in [-0.1, -0.05) is 88.6 Å². The number of ether oxygens (including phenoxy) is 1. The predicted molar refractivity (Wildman–Crippen MR) is 115 cm³/mol. The van der Waals surface area contributed by atoms with Crippen LogP contribution in [-0.2, 0) is 9.53 Å². The van der Waals surface area contributed by atoms with Crippen LogP contribution in [0.3, 0.4) is 0 Å². The summed E-state index contributed by atoms with van der Waals surface area (Å²) in [4.78, 5) is 12.2. The van der Waals surface area contributed by atoms with Gasteiger partial charge in [-0.05, 0) is 36.2 Å². The Kier molecular flexibility index (Phi) is 9.75. The number of carbonyl (C=O) groups excluding carboxylic acids is 1. The minimum atomic E-state index is -0.343. The van der Waals surface area contributed by atoms with Crippen LogP contribution in [0.25, 0.3) is 10.8 Å². The topological polar surface area (TPSA) is 38.3 Å². The molecule has 1 atom stereocenters. The second-order valence-corrected chi connectivity index (χ2v) is 7.42. The maximum absolute atomic E-state index is 12.2. The molecule has 3 nitrogen and oxygen atoms in total. The second kappa shape index (κ2) is 12.4. The normalized spacial score (nSPS) is 12.1.